The molecule has 1 aliphatic heterocycles. The number of allylic oxidation sites excluding steroid dienone is 1. The summed E-state index contributed by atoms with van der Waals surface area (Å²) in [5.41, 5.74) is 3.81. The summed E-state index contributed by atoms with van der Waals surface area (Å²) in [5.74, 6) is 2.37. The molecule has 0 aromatic heterocycles. The van der Waals surface area contributed by atoms with Gasteiger partial charge in [0, 0.05) is 17.7 Å². The van der Waals surface area contributed by atoms with Crippen LogP contribution in [0.5, 0.6) is 0 Å². The van der Waals surface area contributed by atoms with Gasteiger partial charge in [-0.05, 0) is 48.4 Å². The predicted octanol–water partition coefficient (Wildman–Crippen LogP) is 2.80. The van der Waals surface area contributed by atoms with Crippen LogP contribution < -0.4 is 0 Å². The fourth-order valence-corrected chi connectivity index (χ4v) is 3.80. The summed E-state index contributed by atoms with van der Waals surface area (Å²) in [7, 11) is 1.29. The van der Waals surface area contributed by atoms with Gasteiger partial charge in [0.25, 0.3) is 0 Å². The molecule has 2 unspecified atom stereocenters. The zero-order valence-electron chi connectivity index (χ0n) is 13.5. The van der Waals surface area contributed by atoms with Crippen molar-refractivity contribution in [2.75, 3.05) is 7.11 Å². The van der Waals surface area contributed by atoms with Crippen LogP contribution in [0.2, 0.25) is 0 Å². The van der Waals surface area contributed by atoms with Gasteiger partial charge in [-0.3, -0.25) is 4.90 Å². The Kier molecular flexibility index (Phi) is 4.30. The lowest BCUT2D eigenvalue weighted by molar-refractivity contribution is -0.145. The molecule has 1 aliphatic carbocycles. The van der Waals surface area contributed by atoms with Crippen molar-refractivity contribution in [3.8, 4) is 12.3 Å². The van der Waals surface area contributed by atoms with Crippen molar-refractivity contribution < 1.29 is 19.4 Å². The van der Waals surface area contributed by atoms with Crippen LogP contribution in [-0.4, -0.2) is 35.2 Å². The molecule has 24 heavy (non-hydrogen) atoms. The van der Waals surface area contributed by atoms with Crippen LogP contribution >= 0.6 is 0 Å². The molecule has 0 bridgehead atoms. The molecule has 2 atom stereocenters. The largest absolute Gasteiger partial charge is 0.467 e. The van der Waals surface area contributed by atoms with Crippen LogP contribution in [-0.2, 0) is 16.0 Å². The van der Waals surface area contributed by atoms with E-state index in [1.54, 1.807) is 0 Å². The minimum Gasteiger partial charge on any atom is -0.467 e. The third kappa shape index (κ3) is 2.76. The second-order valence-corrected chi connectivity index (χ2v) is 6.15. The number of rotatable bonds is 3. The third-order valence-electron chi connectivity index (χ3n) is 4.86. The lowest BCUT2D eigenvalue weighted by Crippen LogP contribution is -2.40. The van der Waals surface area contributed by atoms with Gasteiger partial charge in [-0.25, -0.2) is 9.59 Å². The van der Waals surface area contributed by atoms with Crippen LogP contribution in [0.25, 0.3) is 0 Å². The summed E-state index contributed by atoms with van der Waals surface area (Å²) in [6.45, 7) is 0. The van der Waals surface area contributed by atoms with Crippen molar-refractivity contribution in [3.63, 3.8) is 0 Å². The maximum absolute atomic E-state index is 11.9. The number of amides is 1. The zero-order chi connectivity index (χ0) is 17.3. The van der Waals surface area contributed by atoms with Crippen LogP contribution in [0.3, 0.4) is 0 Å². The molecule has 5 heteroatoms. The highest BCUT2D eigenvalue weighted by molar-refractivity contribution is 5.84. The number of esters is 1. The molecule has 0 fully saturated rings. The van der Waals surface area contributed by atoms with E-state index in [0.717, 1.165) is 35.2 Å². The SMILES string of the molecule is C#Cc1cccc(CC2CCC3=C2CC(C(=O)OC)N3C(=O)O)c1. The van der Waals surface area contributed by atoms with E-state index in [2.05, 4.69) is 5.92 Å². The second-order valence-electron chi connectivity index (χ2n) is 6.15. The predicted molar refractivity (Wildman–Crippen MR) is 88.1 cm³/mol. The molecular formula is C19H19NO4. The number of methoxy groups -OCH3 is 1. The van der Waals surface area contributed by atoms with Crippen molar-refractivity contribution in [1.82, 2.24) is 4.90 Å². The van der Waals surface area contributed by atoms with E-state index in [1.165, 1.54) is 12.0 Å². The van der Waals surface area contributed by atoms with Gasteiger partial charge < -0.3 is 9.84 Å². The lowest BCUT2D eigenvalue weighted by Gasteiger charge is -2.23. The second kappa shape index (κ2) is 6.40. The Balaban J connectivity index is 1.83. The monoisotopic (exact) mass is 325 g/mol. The number of carboxylic acid groups (broad SMARTS) is 1. The maximum atomic E-state index is 11.9. The molecule has 2 aliphatic rings. The van der Waals surface area contributed by atoms with E-state index in [9.17, 15) is 14.7 Å². The molecule has 1 heterocycles. The van der Waals surface area contributed by atoms with Crippen LogP contribution in [0.15, 0.2) is 35.5 Å². The molecule has 1 aromatic rings. The zero-order valence-corrected chi connectivity index (χ0v) is 13.5. The highest BCUT2D eigenvalue weighted by Gasteiger charge is 2.45. The van der Waals surface area contributed by atoms with E-state index in [4.69, 9.17) is 11.2 Å². The number of carbonyl (C=O) groups excluding carboxylic acids is 1. The normalized spacial score (nSPS) is 22.2. The highest BCUT2D eigenvalue weighted by Crippen LogP contribution is 2.45. The van der Waals surface area contributed by atoms with E-state index in [-0.39, 0.29) is 5.92 Å². The number of carbonyl (C=O) groups is 2. The third-order valence-corrected chi connectivity index (χ3v) is 4.86. The maximum Gasteiger partial charge on any atom is 0.412 e. The van der Waals surface area contributed by atoms with Crippen molar-refractivity contribution >= 4 is 12.1 Å². The summed E-state index contributed by atoms with van der Waals surface area (Å²) in [6, 6.07) is 7.08. The number of nitrogens with zero attached hydrogens (tertiary/aromatic N) is 1. The molecule has 0 saturated heterocycles. The molecule has 124 valence electrons. The summed E-state index contributed by atoms with van der Waals surface area (Å²) < 4.78 is 4.77. The van der Waals surface area contributed by atoms with Crippen LogP contribution in [0, 0.1) is 18.3 Å². The van der Waals surface area contributed by atoms with Gasteiger partial charge in [-0.2, -0.15) is 0 Å². The quantitative estimate of drug-likeness (QED) is 0.685. The molecule has 1 N–H and O–H groups in total. The van der Waals surface area contributed by atoms with Gasteiger partial charge in [-0.15, -0.1) is 6.42 Å². The fourth-order valence-electron chi connectivity index (χ4n) is 3.80. The van der Waals surface area contributed by atoms with Gasteiger partial charge in [0.15, 0.2) is 0 Å². The minimum absolute atomic E-state index is 0.240. The first-order valence-corrected chi connectivity index (χ1v) is 7.92. The first kappa shape index (κ1) is 16.1. The summed E-state index contributed by atoms with van der Waals surface area (Å²) in [6.07, 6.45) is 7.15. The molecule has 3 rings (SSSR count). The number of benzene rings is 1. The first-order valence-electron chi connectivity index (χ1n) is 7.92. The lowest BCUT2D eigenvalue weighted by atomic mass is 9.90. The average Bonchev–Trinajstić information content (AvgIpc) is 3.14. The van der Waals surface area contributed by atoms with E-state index >= 15 is 0 Å². The Morgan fingerprint density at radius 3 is 2.92 bits per heavy atom. The number of terminal acetylenes is 1. The molecule has 1 aromatic carbocycles. The summed E-state index contributed by atoms with van der Waals surface area (Å²) in [5, 5.41) is 9.48. The molecule has 0 radical (unpaired) electrons. The van der Waals surface area contributed by atoms with Gasteiger partial charge in [0.1, 0.15) is 6.04 Å². The first-order chi connectivity index (χ1) is 11.5. The summed E-state index contributed by atoms with van der Waals surface area (Å²) >= 11 is 0. The minimum atomic E-state index is -1.09. The van der Waals surface area contributed by atoms with Gasteiger partial charge in [0.2, 0.25) is 0 Å². The topological polar surface area (TPSA) is 66.8 Å². The van der Waals surface area contributed by atoms with E-state index in [0.29, 0.717) is 12.8 Å². The molecule has 0 saturated carbocycles. The Bertz CT molecular complexity index is 759. The fraction of sp³-hybridized carbons (Fsp3) is 0.368. The number of likely N-dealkylation sites (tertiary alicyclic amines) is 1. The highest BCUT2D eigenvalue weighted by atomic mass is 16.5. The van der Waals surface area contributed by atoms with Crippen molar-refractivity contribution in [2.24, 2.45) is 5.92 Å². The van der Waals surface area contributed by atoms with Crippen molar-refractivity contribution in [1.29, 1.82) is 0 Å². The molecule has 0 spiro atoms. The average molecular weight is 325 g/mol. The molecule has 1 amide bonds. The van der Waals surface area contributed by atoms with E-state index < -0.39 is 18.1 Å². The number of hydrogen-bond acceptors (Lipinski definition) is 3. The van der Waals surface area contributed by atoms with Crippen molar-refractivity contribution in [2.45, 2.75) is 31.7 Å². The Hall–Kier alpha value is -2.74. The Labute approximate surface area is 140 Å². The van der Waals surface area contributed by atoms with Crippen LogP contribution in [0.4, 0.5) is 4.79 Å². The number of hydrogen-bond donors (Lipinski definition) is 1. The van der Waals surface area contributed by atoms with Crippen LogP contribution in [0.1, 0.15) is 30.4 Å². The summed E-state index contributed by atoms with van der Waals surface area (Å²) in [4.78, 5) is 24.7. The Morgan fingerprint density at radius 1 is 1.46 bits per heavy atom. The Morgan fingerprint density at radius 2 is 2.25 bits per heavy atom. The van der Waals surface area contributed by atoms with Gasteiger partial charge in [0.05, 0.1) is 7.11 Å². The molecule has 5 nitrogen and oxygen atoms in total. The number of ether oxygens (including phenoxy) is 1. The molecular weight excluding hydrogens is 306 g/mol. The van der Waals surface area contributed by atoms with Gasteiger partial charge >= 0.3 is 12.1 Å². The smallest absolute Gasteiger partial charge is 0.412 e. The standard InChI is InChI=1S/C19H19NO4/c1-3-12-5-4-6-13(9-12)10-14-7-8-16-15(14)11-17(18(21)24-2)20(16)19(22)23/h1,4-6,9,14,17H,7-8,10-11H2,2H3,(H,22,23). The van der Waals surface area contributed by atoms with Gasteiger partial charge in [-0.1, -0.05) is 18.1 Å². The van der Waals surface area contributed by atoms with E-state index in [1.807, 2.05) is 24.3 Å². The van der Waals surface area contributed by atoms with Crippen molar-refractivity contribution in [3.05, 3.63) is 46.7 Å².